The van der Waals surface area contributed by atoms with Crippen molar-refractivity contribution in [2.75, 3.05) is 0 Å². The smallest absolute Gasteiger partial charge is 0.256 e. The Morgan fingerprint density at radius 2 is 1.12 bits per heavy atom. The Labute approximate surface area is 146 Å². The summed E-state index contributed by atoms with van der Waals surface area (Å²) in [6.07, 6.45) is 0. The monoisotopic (exact) mass is 333 g/mol. The van der Waals surface area contributed by atoms with Crippen LogP contribution in [0.5, 0.6) is 11.5 Å². The molecule has 0 unspecified atom stereocenters. The third-order valence-electron chi connectivity index (χ3n) is 3.71. The number of hydrogen-bond acceptors (Lipinski definition) is 3. The summed E-state index contributed by atoms with van der Waals surface area (Å²) in [5, 5.41) is 0. The first-order chi connectivity index (χ1) is 12.2. The highest BCUT2D eigenvalue weighted by Gasteiger charge is 2.16. The van der Waals surface area contributed by atoms with Gasteiger partial charge in [-0.3, -0.25) is 4.79 Å². The van der Waals surface area contributed by atoms with Crippen molar-refractivity contribution < 1.29 is 14.3 Å². The van der Waals surface area contributed by atoms with Crippen LogP contribution >= 0.6 is 0 Å². The summed E-state index contributed by atoms with van der Waals surface area (Å²) >= 11 is 0. The zero-order valence-corrected chi connectivity index (χ0v) is 13.7. The van der Waals surface area contributed by atoms with Crippen LogP contribution in [0.4, 0.5) is 0 Å². The van der Waals surface area contributed by atoms with Gasteiger partial charge in [-0.15, -0.1) is 0 Å². The summed E-state index contributed by atoms with van der Waals surface area (Å²) < 4.78 is 11.6. The van der Waals surface area contributed by atoms with Crippen molar-refractivity contribution in [3.63, 3.8) is 0 Å². The lowest BCUT2D eigenvalue weighted by Crippen LogP contribution is -2.15. The lowest BCUT2D eigenvalue weighted by Gasteiger charge is -2.14. The average molecular weight is 333 g/mol. The predicted octanol–water partition coefficient (Wildman–Crippen LogP) is 3.94. The van der Waals surface area contributed by atoms with Crippen LogP contribution in [0.1, 0.15) is 21.5 Å². The van der Waals surface area contributed by atoms with E-state index in [2.05, 4.69) is 0 Å². The molecule has 0 bridgehead atoms. The summed E-state index contributed by atoms with van der Waals surface area (Å²) in [6, 6.07) is 24.7. The Kier molecular flexibility index (Phi) is 5.32. The Morgan fingerprint density at radius 3 is 1.52 bits per heavy atom. The second-order valence-electron chi connectivity index (χ2n) is 5.54. The molecule has 0 saturated carbocycles. The Balaban J connectivity index is 1.78. The Morgan fingerprint density at radius 1 is 0.680 bits per heavy atom. The number of rotatable bonds is 7. The van der Waals surface area contributed by atoms with Crippen LogP contribution in [-0.2, 0) is 13.2 Å². The van der Waals surface area contributed by atoms with Gasteiger partial charge < -0.3 is 15.2 Å². The molecule has 2 N–H and O–H groups in total. The molecule has 4 heteroatoms. The number of ether oxygens (including phenoxy) is 2. The maximum absolute atomic E-state index is 11.9. The molecule has 0 fully saturated rings. The van der Waals surface area contributed by atoms with Crippen LogP contribution in [0.2, 0.25) is 0 Å². The van der Waals surface area contributed by atoms with Crippen molar-refractivity contribution >= 4 is 5.91 Å². The molecule has 0 aromatic heterocycles. The Bertz CT molecular complexity index is 771. The number of nitrogens with two attached hydrogens (primary N) is 1. The molecule has 4 nitrogen and oxygen atoms in total. The summed E-state index contributed by atoms with van der Waals surface area (Å²) in [7, 11) is 0. The molecule has 25 heavy (non-hydrogen) atoms. The molecule has 3 aromatic carbocycles. The van der Waals surface area contributed by atoms with Crippen molar-refractivity contribution in [2.24, 2.45) is 5.73 Å². The second kappa shape index (κ2) is 8.02. The molecular formula is C21H19NO3. The first-order valence-corrected chi connectivity index (χ1v) is 8.00. The molecule has 3 aromatic rings. The van der Waals surface area contributed by atoms with Gasteiger partial charge in [0.15, 0.2) is 0 Å². The SMILES string of the molecule is NC(=O)c1c(OCc2ccccc2)cccc1OCc1ccccc1. The first-order valence-electron chi connectivity index (χ1n) is 8.00. The molecule has 0 aliphatic carbocycles. The van der Waals surface area contributed by atoms with Crippen LogP contribution in [-0.4, -0.2) is 5.91 Å². The van der Waals surface area contributed by atoms with E-state index in [1.807, 2.05) is 60.7 Å². The van der Waals surface area contributed by atoms with Gasteiger partial charge >= 0.3 is 0 Å². The number of benzene rings is 3. The number of carbonyl (C=O) groups excluding carboxylic acids is 1. The van der Waals surface area contributed by atoms with Gasteiger partial charge in [0.25, 0.3) is 5.91 Å². The largest absolute Gasteiger partial charge is 0.488 e. The molecule has 126 valence electrons. The molecule has 1 amide bonds. The summed E-state index contributed by atoms with van der Waals surface area (Å²) in [4.78, 5) is 11.9. The fourth-order valence-corrected chi connectivity index (χ4v) is 2.47. The van der Waals surface area contributed by atoms with E-state index < -0.39 is 5.91 Å². The average Bonchev–Trinajstić information content (AvgIpc) is 2.66. The molecule has 0 aliphatic heterocycles. The van der Waals surface area contributed by atoms with E-state index >= 15 is 0 Å². The minimum Gasteiger partial charge on any atom is -0.488 e. The molecule has 0 heterocycles. The van der Waals surface area contributed by atoms with E-state index in [1.165, 1.54) is 0 Å². The van der Waals surface area contributed by atoms with Gasteiger partial charge in [-0.1, -0.05) is 66.7 Å². The molecule has 0 atom stereocenters. The van der Waals surface area contributed by atoms with Gasteiger partial charge in [0, 0.05) is 0 Å². The van der Waals surface area contributed by atoms with E-state index in [0.29, 0.717) is 24.7 Å². The fourth-order valence-electron chi connectivity index (χ4n) is 2.47. The van der Waals surface area contributed by atoms with Gasteiger partial charge in [0.1, 0.15) is 30.3 Å². The number of carbonyl (C=O) groups is 1. The van der Waals surface area contributed by atoms with Crippen molar-refractivity contribution in [1.82, 2.24) is 0 Å². The van der Waals surface area contributed by atoms with E-state index in [9.17, 15) is 4.79 Å². The molecule has 3 rings (SSSR count). The molecule has 0 aliphatic rings. The maximum Gasteiger partial charge on any atom is 0.256 e. The molecular weight excluding hydrogens is 314 g/mol. The predicted molar refractivity (Wildman–Crippen MR) is 96.5 cm³/mol. The number of hydrogen-bond donors (Lipinski definition) is 1. The van der Waals surface area contributed by atoms with Crippen molar-refractivity contribution in [3.05, 3.63) is 95.6 Å². The molecule has 0 radical (unpaired) electrons. The summed E-state index contributed by atoms with van der Waals surface area (Å²) in [5.74, 6) is 0.260. The van der Waals surface area contributed by atoms with Crippen LogP contribution in [0.25, 0.3) is 0 Å². The van der Waals surface area contributed by atoms with E-state index in [-0.39, 0.29) is 5.56 Å². The third kappa shape index (κ3) is 4.38. The summed E-state index contributed by atoms with van der Waals surface area (Å²) in [5.41, 5.74) is 7.83. The minimum atomic E-state index is -0.577. The fraction of sp³-hybridized carbons (Fsp3) is 0.0952. The van der Waals surface area contributed by atoms with E-state index in [4.69, 9.17) is 15.2 Å². The Hall–Kier alpha value is -3.27. The number of amides is 1. The quantitative estimate of drug-likeness (QED) is 0.712. The van der Waals surface area contributed by atoms with Crippen molar-refractivity contribution in [2.45, 2.75) is 13.2 Å². The third-order valence-corrected chi connectivity index (χ3v) is 3.71. The number of primary amides is 1. The van der Waals surface area contributed by atoms with Crippen LogP contribution in [0.3, 0.4) is 0 Å². The zero-order valence-electron chi connectivity index (χ0n) is 13.7. The van der Waals surface area contributed by atoms with Crippen LogP contribution < -0.4 is 15.2 Å². The van der Waals surface area contributed by atoms with Gasteiger partial charge in [-0.25, -0.2) is 0 Å². The van der Waals surface area contributed by atoms with Gasteiger partial charge in [-0.2, -0.15) is 0 Å². The van der Waals surface area contributed by atoms with E-state index in [1.54, 1.807) is 18.2 Å². The zero-order chi connectivity index (χ0) is 17.5. The van der Waals surface area contributed by atoms with Gasteiger partial charge in [0.2, 0.25) is 0 Å². The lowest BCUT2D eigenvalue weighted by molar-refractivity contribution is 0.0991. The maximum atomic E-state index is 11.9. The standard InChI is InChI=1S/C21H19NO3/c22-21(23)20-18(24-14-16-8-3-1-4-9-16)12-7-13-19(20)25-15-17-10-5-2-6-11-17/h1-13H,14-15H2,(H2,22,23). The topological polar surface area (TPSA) is 61.6 Å². The van der Waals surface area contributed by atoms with Crippen LogP contribution in [0.15, 0.2) is 78.9 Å². The highest BCUT2D eigenvalue weighted by Crippen LogP contribution is 2.29. The van der Waals surface area contributed by atoms with Gasteiger partial charge in [0.05, 0.1) is 0 Å². The molecule has 0 spiro atoms. The van der Waals surface area contributed by atoms with Crippen LogP contribution in [0, 0.1) is 0 Å². The highest BCUT2D eigenvalue weighted by molar-refractivity contribution is 5.98. The van der Waals surface area contributed by atoms with Crippen molar-refractivity contribution in [3.8, 4) is 11.5 Å². The van der Waals surface area contributed by atoms with Crippen molar-refractivity contribution in [1.29, 1.82) is 0 Å². The summed E-state index contributed by atoms with van der Waals surface area (Å²) in [6.45, 7) is 0.701. The lowest BCUT2D eigenvalue weighted by atomic mass is 10.1. The molecule has 0 saturated heterocycles. The minimum absolute atomic E-state index is 0.259. The highest BCUT2D eigenvalue weighted by atomic mass is 16.5. The van der Waals surface area contributed by atoms with Gasteiger partial charge in [-0.05, 0) is 23.3 Å². The second-order valence-corrected chi connectivity index (χ2v) is 5.54. The first kappa shape index (κ1) is 16.6. The van der Waals surface area contributed by atoms with E-state index in [0.717, 1.165) is 11.1 Å². The normalized spacial score (nSPS) is 10.2.